The number of rotatable bonds is 5. The summed E-state index contributed by atoms with van der Waals surface area (Å²) in [5, 5.41) is 5.43. The van der Waals surface area contributed by atoms with Crippen LogP contribution in [0.2, 0.25) is 5.15 Å². The second kappa shape index (κ2) is 8.09. The zero-order valence-electron chi connectivity index (χ0n) is 15.2. The van der Waals surface area contributed by atoms with Crippen LogP contribution in [0.5, 0.6) is 0 Å². The average Bonchev–Trinajstić information content (AvgIpc) is 3.28. The van der Waals surface area contributed by atoms with E-state index in [2.05, 4.69) is 22.1 Å². The fraction of sp³-hybridized carbons (Fsp3) is 0.550. The van der Waals surface area contributed by atoms with E-state index in [0.29, 0.717) is 25.8 Å². The summed E-state index contributed by atoms with van der Waals surface area (Å²) >= 11 is 6.72. The molecular weight excluding hydrogens is 350 g/mol. The van der Waals surface area contributed by atoms with E-state index in [-0.39, 0.29) is 6.29 Å². The van der Waals surface area contributed by atoms with Crippen LogP contribution in [0, 0.1) is 6.92 Å². The van der Waals surface area contributed by atoms with E-state index >= 15 is 0 Å². The molecule has 0 bridgehead atoms. The van der Waals surface area contributed by atoms with Gasteiger partial charge in [0.05, 0.1) is 31.5 Å². The number of hydrogen-bond acceptors (Lipinski definition) is 4. The summed E-state index contributed by atoms with van der Waals surface area (Å²) in [6.45, 7) is 5.98. The molecule has 2 fully saturated rings. The van der Waals surface area contributed by atoms with Gasteiger partial charge < -0.3 is 9.47 Å². The van der Waals surface area contributed by atoms with Gasteiger partial charge in [-0.05, 0) is 31.9 Å². The number of ether oxygens (including phenoxy) is 2. The molecule has 4 rings (SSSR count). The SMILES string of the molecule is Cc1nn(Cc2ccccc2)c(Cl)c1CN1CCCCC1C1OCCO1. The highest BCUT2D eigenvalue weighted by molar-refractivity contribution is 6.30. The van der Waals surface area contributed by atoms with Gasteiger partial charge in [0.1, 0.15) is 5.15 Å². The molecule has 1 atom stereocenters. The van der Waals surface area contributed by atoms with Crippen molar-refractivity contribution in [2.45, 2.75) is 51.6 Å². The van der Waals surface area contributed by atoms with Crippen LogP contribution in [-0.2, 0) is 22.6 Å². The van der Waals surface area contributed by atoms with Gasteiger partial charge in [0, 0.05) is 12.1 Å². The maximum absolute atomic E-state index is 6.72. The van der Waals surface area contributed by atoms with Crippen molar-refractivity contribution in [3.8, 4) is 0 Å². The van der Waals surface area contributed by atoms with E-state index in [9.17, 15) is 0 Å². The van der Waals surface area contributed by atoms with Crippen LogP contribution in [0.3, 0.4) is 0 Å². The third-order valence-electron chi connectivity index (χ3n) is 5.35. The van der Waals surface area contributed by atoms with Gasteiger partial charge in [0.2, 0.25) is 0 Å². The van der Waals surface area contributed by atoms with Crippen molar-refractivity contribution < 1.29 is 9.47 Å². The van der Waals surface area contributed by atoms with Gasteiger partial charge in [-0.25, -0.2) is 4.68 Å². The number of aryl methyl sites for hydroxylation is 1. The Morgan fingerprint density at radius 3 is 2.65 bits per heavy atom. The second-order valence-corrected chi connectivity index (χ2v) is 7.50. The van der Waals surface area contributed by atoms with E-state index < -0.39 is 0 Å². The minimum absolute atomic E-state index is 0.103. The smallest absolute Gasteiger partial charge is 0.173 e. The molecule has 1 aromatic heterocycles. The summed E-state index contributed by atoms with van der Waals surface area (Å²) < 4.78 is 13.5. The molecule has 1 aromatic carbocycles. The quantitative estimate of drug-likeness (QED) is 0.800. The molecule has 0 amide bonds. The van der Waals surface area contributed by atoms with Gasteiger partial charge in [-0.15, -0.1) is 0 Å². The van der Waals surface area contributed by atoms with Gasteiger partial charge in [0.25, 0.3) is 0 Å². The molecule has 0 aliphatic carbocycles. The van der Waals surface area contributed by atoms with Crippen molar-refractivity contribution in [1.82, 2.24) is 14.7 Å². The van der Waals surface area contributed by atoms with Crippen LogP contribution >= 0.6 is 11.6 Å². The molecular formula is C20H26ClN3O2. The third-order valence-corrected chi connectivity index (χ3v) is 5.77. The van der Waals surface area contributed by atoms with Crippen molar-refractivity contribution in [2.24, 2.45) is 0 Å². The fourth-order valence-corrected chi connectivity index (χ4v) is 4.25. The Labute approximate surface area is 159 Å². The summed E-state index contributed by atoms with van der Waals surface area (Å²) in [5.41, 5.74) is 3.32. The minimum atomic E-state index is -0.103. The highest BCUT2D eigenvalue weighted by Crippen LogP contribution is 2.29. The first kappa shape index (κ1) is 18.0. The summed E-state index contributed by atoms with van der Waals surface area (Å²) in [6.07, 6.45) is 3.44. The predicted octanol–water partition coefficient (Wildman–Crippen LogP) is 3.62. The third kappa shape index (κ3) is 3.81. The van der Waals surface area contributed by atoms with Crippen LogP contribution in [0.1, 0.15) is 36.1 Å². The van der Waals surface area contributed by atoms with Crippen molar-refractivity contribution in [3.05, 3.63) is 52.3 Å². The minimum Gasteiger partial charge on any atom is -0.349 e. The number of hydrogen-bond donors (Lipinski definition) is 0. The van der Waals surface area contributed by atoms with Crippen molar-refractivity contribution >= 4 is 11.6 Å². The summed E-state index contributed by atoms with van der Waals surface area (Å²) in [7, 11) is 0. The lowest BCUT2D eigenvalue weighted by atomic mass is 10.0. The van der Waals surface area contributed by atoms with Gasteiger partial charge in [-0.3, -0.25) is 4.90 Å². The highest BCUT2D eigenvalue weighted by Gasteiger charge is 2.34. The van der Waals surface area contributed by atoms with Crippen molar-refractivity contribution in [1.29, 1.82) is 0 Å². The Kier molecular flexibility index (Phi) is 5.60. The van der Waals surface area contributed by atoms with Crippen LogP contribution in [0.4, 0.5) is 0 Å². The number of benzene rings is 1. The lowest BCUT2D eigenvalue weighted by Crippen LogP contribution is -2.46. The van der Waals surface area contributed by atoms with Gasteiger partial charge in [0.15, 0.2) is 6.29 Å². The molecule has 0 N–H and O–H groups in total. The first-order valence-electron chi connectivity index (χ1n) is 9.45. The molecule has 1 unspecified atom stereocenters. The van der Waals surface area contributed by atoms with Crippen LogP contribution in [0.15, 0.2) is 30.3 Å². The molecule has 26 heavy (non-hydrogen) atoms. The number of halogens is 1. The van der Waals surface area contributed by atoms with E-state index in [1.54, 1.807) is 0 Å². The fourth-order valence-electron chi connectivity index (χ4n) is 3.95. The Bertz CT molecular complexity index is 728. The van der Waals surface area contributed by atoms with Crippen molar-refractivity contribution in [2.75, 3.05) is 19.8 Å². The zero-order valence-corrected chi connectivity index (χ0v) is 16.0. The summed E-state index contributed by atoms with van der Waals surface area (Å²) in [6, 6.07) is 10.6. The van der Waals surface area contributed by atoms with E-state index in [1.165, 1.54) is 18.4 Å². The molecule has 5 nitrogen and oxygen atoms in total. The standard InChI is InChI=1S/C20H26ClN3O2/c1-15-17(19(21)24(22-15)13-16-7-3-2-4-8-16)14-23-10-6-5-9-18(23)20-25-11-12-26-20/h2-4,7-8,18,20H,5-6,9-14H2,1H3. The number of likely N-dealkylation sites (tertiary alicyclic amines) is 1. The van der Waals surface area contributed by atoms with E-state index in [1.807, 2.05) is 29.8 Å². The monoisotopic (exact) mass is 375 g/mol. The second-order valence-electron chi connectivity index (χ2n) is 7.14. The molecule has 6 heteroatoms. The molecule has 0 saturated carbocycles. The molecule has 3 heterocycles. The lowest BCUT2D eigenvalue weighted by molar-refractivity contribution is -0.111. The van der Waals surface area contributed by atoms with Crippen LogP contribution in [-0.4, -0.2) is 46.8 Å². The number of nitrogens with zero attached hydrogens (tertiary/aromatic N) is 3. The zero-order chi connectivity index (χ0) is 17.9. The first-order valence-corrected chi connectivity index (χ1v) is 9.83. The van der Waals surface area contributed by atoms with Gasteiger partial charge in [-0.2, -0.15) is 5.10 Å². The normalized spacial score (nSPS) is 22.2. The molecule has 2 aliphatic heterocycles. The molecule has 2 saturated heterocycles. The van der Waals surface area contributed by atoms with Crippen molar-refractivity contribution in [3.63, 3.8) is 0 Å². The van der Waals surface area contributed by atoms with E-state index in [0.717, 1.165) is 35.9 Å². The largest absolute Gasteiger partial charge is 0.349 e. The topological polar surface area (TPSA) is 39.5 Å². The Balaban J connectivity index is 1.51. The Hall–Kier alpha value is -1.40. The molecule has 0 spiro atoms. The summed E-state index contributed by atoms with van der Waals surface area (Å²) in [5.74, 6) is 0. The van der Waals surface area contributed by atoms with Gasteiger partial charge in [-0.1, -0.05) is 48.4 Å². The maximum atomic E-state index is 6.72. The average molecular weight is 376 g/mol. The highest BCUT2D eigenvalue weighted by atomic mass is 35.5. The molecule has 2 aliphatic rings. The number of piperidine rings is 1. The first-order chi connectivity index (χ1) is 12.7. The molecule has 140 valence electrons. The maximum Gasteiger partial charge on any atom is 0.173 e. The summed E-state index contributed by atoms with van der Waals surface area (Å²) in [4.78, 5) is 2.46. The van der Waals surface area contributed by atoms with Crippen LogP contribution < -0.4 is 0 Å². The molecule has 0 radical (unpaired) electrons. The predicted molar refractivity (Wildman–Crippen MR) is 101 cm³/mol. The van der Waals surface area contributed by atoms with Crippen LogP contribution in [0.25, 0.3) is 0 Å². The number of aromatic nitrogens is 2. The Morgan fingerprint density at radius 1 is 1.12 bits per heavy atom. The van der Waals surface area contributed by atoms with E-state index in [4.69, 9.17) is 21.1 Å². The molecule has 2 aromatic rings. The van der Waals surface area contributed by atoms with Gasteiger partial charge >= 0.3 is 0 Å². The lowest BCUT2D eigenvalue weighted by Gasteiger charge is -2.37. The Morgan fingerprint density at radius 2 is 1.88 bits per heavy atom.